The number of hydrogen-bond acceptors (Lipinski definition) is 6. The molecule has 36 heavy (non-hydrogen) atoms. The van der Waals surface area contributed by atoms with Crippen molar-refractivity contribution in [2.24, 2.45) is 5.10 Å². The lowest BCUT2D eigenvalue weighted by molar-refractivity contribution is 0.0697. The van der Waals surface area contributed by atoms with Gasteiger partial charge in [0.2, 0.25) is 0 Å². The van der Waals surface area contributed by atoms with Gasteiger partial charge >= 0.3 is 11.7 Å². The van der Waals surface area contributed by atoms with E-state index in [2.05, 4.69) is 16.7 Å². The molecule has 4 aromatic rings. The first-order chi connectivity index (χ1) is 17.4. The van der Waals surface area contributed by atoms with Crippen molar-refractivity contribution in [1.82, 2.24) is 9.66 Å². The summed E-state index contributed by atoms with van der Waals surface area (Å²) in [6.07, 6.45) is 3.57. The number of hydrogen-bond donors (Lipinski definition) is 2. The highest BCUT2D eigenvalue weighted by Crippen LogP contribution is 2.34. The molecule has 0 saturated heterocycles. The minimum absolute atomic E-state index is 0.190. The molecule has 0 aliphatic heterocycles. The fraction of sp³-hybridized carbons (Fsp3) is 0.111. The zero-order chi connectivity index (χ0) is 25.7. The Bertz CT molecular complexity index is 1580. The van der Waals surface area contributed by atoms with Gasteiger partial charge in [0.25, 0.3) is 5.56 Å². The van der Waals surface area contributed by atoms with Crippen LogP contribution in [0.25, 0.3) is 10.9 Å². The van der Waals surface area contributed by atoms with Crippen molar-refractivity contribution in [3.05, 3.63) is 116 Å². The van der Waals surface area contributed by atoms with Gasteiger partial charge in [0.15, 0.2) is 11.5 Å². The fourth-order valence-corrected chi connectivity index (χ4v) is 3.66. The molecule has 0 unspecified atom stereocenters. The molecule has 9 heteroatoms. The molecule has 0 bridgehead atoms. The topological polar surface area (TPSA) is 123 Å². The Labute approximate surface area is 205 Å². The Kier molecular flexibility index (Phi) is 7.10. The predicted octanol–water partition coefficient (Wildman–Crippen LogP) is 3.59. The van der Waals surface area contributed by atoms with Gasteiger partial charge in [0.1, 0.15) is 6.61 Å². The van der Waals surface area contributed by atoms with Gasteiger partial charge in [-0.05, 0) is 53.9 Å². The summed E-state index contributed by atoms with van der Waals surface area (Å²) in [6.45, 7) is 3.99. The molecular formula is C27H23N3O6. The minimum Gasteiger partial charge on any atom is -0.493 e. The van der Waals surface area contributed by atoms with Gasteiger partial charge < -0.3 is 19.6 Å². The first-order valence-corrected chi connectivity index (χ1v) is 11.0. The molecule has 0 spiro atoms. The third kappa shape index (κ3) is 5.10. The molecule has 3 aromatic carbocycles. The lowest BCUT2D eigenvalue weighted by atomic mass is 10.1. The van der Waals surface area contributed by atoms with Crippen LogP contribution >= 0.6 is 0 Å². The molecule has 182 valence electrons. The van der Waals surface area contributed by atoms with Crippen LogP contribution in [0.1, 0.15) is 27.0 Å². The zero-order valence-electron chi connectivity index (χ0n) is 19.4. The van der Waals surface area contributed by atoms with Crippen molar-refractivity contribution in [2.75, 3.05) is 7.11 Å². The number of methoxy groups -OCH3 is 1. The highest BCUT2D eigenvalue weighted by Gasteiger charge is 2.14. The summed E-state index contributed by atoms with van der Waals surface area (Å²) < 4.78 is 12.3. The van der Waals surface area contributed by atoms with E-state index in [4.69, 9.17) is 14.6 Å². The van der Waals surface area contributed by atoms with Crippen molar-refractivity contribution in [1.29, 1.82) is 0 Å². The van der Waals surface area contributed by atoms with E-state index in [-0.39, 0.29) is 12.2 Å². The number of allylic oxidation sites excluding steroid dienone is 1. The summed E-state index contributed by atoms with van der Waals surface area (Å²) in [7, 11) is 1.50. The number of aromatic nitrogens is 2. The molecule has 0 amide bonds. The van der Waals surface area contributed by atoms with Gasteiger partial charge in [0.05, 0.1) is 29.8 Å². The van der Waals surface area contributed by atoms with Gasteiger partial charge in [0, 0.05) is 5.56 Å². The molecule has 0 aliphatic carbocycles. The van der Waals surface area contributed by atoms with Crippen molar-refractivity contribution >= 4 is 23.1 Å². The normalized spacial score (nSPS) is 11.0. The molecule has 9 nitrogen and oxygen atoms in total. The molecule has 0 aliphatic rings. The summed E-state index contributed by atoms with van der Waals surface area (Å²) >= 11 is 0. The van der Waals surface area contributed by atoms with Gasteiger partial charge in [-0.15, -0.1) is 11.3 Å². The third-order valence-corrected chi connectivity index (χ3v) is 5.43. The number of aromatic amines is 1. The minimum atomic E-state index is -0.998. The number of rotatable bonds is 9. The van der Waals surface area contributed by atoms with Crippen LogP contribution < -0.4 is 20.7 Å². The van der Waals surface area contributed by atoms with Crippen LogP contribution in [0.3, 0.4) is 0 Å². The highest BCUT2D eigenvalue weighted by atomic mass is 16.5. The number of nitrogens with zero attached hydrogens (tertiary/aromatic N) is 2. The Morgan fingerprint density at radius 3 is 2.58 bits per heavy atom. The lowest BCUT2D eigenvalue weighted by Gasteiger charge is -2.16. The van der Waals surface area contributed by atoms with Crippen LogP contribution in [0.15, 0.2) is 88.0 Å². The van der Waals surface area contributed by atoms with Crippen molar-refractivity contribution in [3.8, 4) is 11.5 Å². The van der Waals surface area contributed by atoms with E-state index in [1.54, 1.807) is 54.6 Å². The Morgan fingerprint density at radius 2 is 1.89 bits per heavy atom. The number of carbonyl (C=O) groups is 1. The Balaban J connectivity index is 1.65. The molecule has 0 fully saturated rings. The number of benzene rings is 3. The van der Waals surface area contributed by atoms with Crippen molar-refractivity contribution < 1.29 is 19.4 Å². The summed E-state index contributed by atoms with van der Waals surface area (Å²) in [5.41, 5.74) is 1.57. The van der Waals surface area contributed by atoms with E-state index in [9.17, 15) is 14.4 Å². The molecule has 2 N–H and O–H groups in total. The maximum absolute atomic E-state index is 12.7. The molecule has 1 heterocycles. The number of aromatic carboxylic acids is 1. The van der Waals surface area contributed by atoms with E-state index < -0.39 is 17.2 Å². The fourth-order valence-electron chi connectivity index (χ4n) is 3.66. The summed E-state index contributed by atoms with van der Waals surface area (Å²) in [6, 6.07) is 16.6. The predicted molar refractivity (Wildman–Crippen MR) is 136 cm³/mol. The van der Waals surface area contributed by atoms with E-state index in [1.807, 2.05) is 0 Å². The number of nitrogens with one attached hydrogen (secondary N) is 1. The smallest absolute Gasteiger partial charge is 0.349 e. The quantitative estimate of drug-likeness (QED) is 0.276. The number of carboxylic acids is 1. The third-order valence-electron chi connectivity index (χ3n) is 5.43. The van der Waals surface area contributed by atoms with Crippen LogP contribution in [0, 0.1) is 0 Å². The summed E-state index contributed by atoms with van der Waals surface area (Å²) in [5.74, 6) is -0.0714. The second kappa shape index (κ2) is 10.6. The maximum Gasteiger partial charge on any atom is 0.349 e. The van der Waals surface area contributed by atoms with Crippen molar-refractivity contribution in [2.45, 2.75) is 13.0 Å². The SMILES string of the molecule is C=CCc1cc(C=Nn2c(=O)[nH]c3ccccc3c2=O)cc(OC)c1OCc1ccc(C(=O)O)cc1. The Hall–Kier alpha value is -4.92. The molecule has 1 aromatic heterocycles. The van der Waals surface area contributed by atoms with Gasteiger partial charge in [-0.1, -0.05) is 30.3 Å². The van der Waals surface area contributed by atoms with Crippen LogP contribution in [0.5, 0.6) is 11.5 Å². The maximum atomic E-state index is 12.7. The Morgan fingerprint density at radius 1 is 1.14 bits per heavy atom. The standard InChI is InChI=1S/C27H23N3O6/c1-3-6-20-13-18(15-28-30-25(31)21-7-4-5-8-22(21)29-27(30)34)14-23(35-2)24(20)36-16-17-9-11-19(12-10-17)26(32)33/h3-5,7-15H,1,6,16H2,2H3,(H,29,34)(H,32,33). The van der Waals surface area contributed by atoms with Gasteiger partial charge in [-0.3, -0.25) is 4.79 Å². The monoisotopic (exact) mass is 485 g/mol. The second-order valence-electron chi connectivity index (χ2n) is 7.83. The molecule has 0 saturated carbocycles. The van der Waals surface area contributed by atoms with Gasteiger partial charge in [-0.2, -0.15) is 5.10 Å². The second-order valence-corrected chi connectivity index (χ2v) is 7.83. The molecule has 0 atom stereocenters. The van der Waals surface area contributed by atoms with E-state index in [0.29, 0.717) is 34.4 Å². The van der Waals surface area contributed by atoms with E-state index >= 15 is 0 Å². The van der Waals surface area contributed by atoms with E-state index in [0.717, 1.165) is 15.8 Å². The van der Waals surface area contributed by atoms with E-state index in [1.165, 1.54) is 25.5 Å². The number of fused-ring (bicyclic) bond motifs is 1. The summed E-state index contributed by atoms with van der Waals surface area (Å²) in [5, 5.41) is 13.5. The largest absolute Gasteiger partial charge is 0.493 e. The number of ether oxygens (including phenoxy) is 2. The van der Waals surface area contributed by atoms with Crippen LogP contribution in [0.4, 0.5) is 0 Å². The van der Waals surface area contributed by atoms with Gasteiger partial charge in [-0.25, -0.2) is 9.59 Å². The highest BCUT2D eigenvalue weighted by molar-refractivity contribution is 5.87. The van der Waals surface area contributed by atoms with Crippen LogP contribution in [-0.4, -0.2) is 34.1 Å². The first kappa shape index (κ1) is 24.2. The lowest BCUT2D eigenvalue weighted by Crippen LogP contribution is -2.32. The number of H-pyrrole nitrogens is 1. The molecule has 0 radical (unpaired) electrons. The number of carboxylic acid groups (broad SMARTS) is 1. The van der Waals surface area contributed by atoms with Crippen LogP contribution in [0.2, 0.25) is 0 Å². The average molecular weight is 485 g/mol. The number of para-hydroxylation sites is 1. The summed E-state index contributed by atoms with van der Waals surface area (Å²) in [4.78, 5) is 38.8. The molecular weight excluding hydrogens is 462 g/mol. The first-order valence-electron chi connectivity index (χ1n) is 11.0. The molecule has 4 rings (SSSR count). The van der Waals surface area contributed by atoms with Crippen molar-refractivity contribution in [3.63, 3.8) is 0 Å². The average Bonchev–Trinajstić information content (AvgIpc) is 2.88. The van der Waals surface area contributed by atoms with Crippen LogP contribution in [-0.2, 0) is 13.0 Å². The zero-order valence-corrected chi connectivity index (χ0v) is 19.4.